The van der Waals surface area contributed by atoms with E-state index in [2.05, 4.69) is 5.10 Å². The highest BCUT2D eigenvalue weighted by molar-refractivity contribution is 5.88. The van der Waals surface area contributed by atoms with Crippen molar-refractivity contribution in [1.29, 1.82) is 0 Å². The van der Waals surface area contributed by atoms with Crippen molar-refractivity contribution >= 4 is 16.7 Å². The van der Waals surface area contributed by atoms with Gasteiger partial charge in [-0.25, -0.2) is 4.68 Å². The first kappa shape index (κ1) is 13.8. The van der Waals surface area contributed by atoms with Crippen LogP contribution in [0.15, 0.2) is 29.1 Å². The van der Waals surface area contributed by atoms with Gasteiger partial charge in [-0.2, -0.15) is 5.10 Å². The molecule has 110 valence electrons. The number of aromatic nitrogens is 2. The topological polar surface area (TPSA) is 72.2 Å². The van der Waals surface area contributed by atoms with E-state index in [1.165, 1.54) is 4.68 Å². The molecule has 5 nitrogen and oxygen atoms in total. The SMILES string of the molecule is CC(C(=O)O)c1nn(C2CCCC2)c(=O)c2ccccc12. The lowest BCUT2D eigenvalue weighted by Crippen LogP contribution is -2.29. The summed E-state index contributed by atoms with van der Waals surface area (Å²) >= 11 is 0. The van der Waals surface area contributed by atoms with Gasteiger partial charge in [-0.3, -0.25) is 9.59 Å². The summed E-state index contributed by atoms with van der Waals surface area (Å²) in [5.74, 6) is -1.66. The molecule has 21 heavy (non-hydrogen) atoms. The number of rotatable bonds is 3. The highest BCUT2D eigenvalue weighted by Gasteiger charge is 2.25. The molecule has 1 aromatic carbocycles. The first-order chi connectivity index (χ1) is 10.1. The molecule has 1 saturated carbocycles. The molecule has 1 unspecified atom stereocenters. The van der Waals surface area contributed by atoms with E-state index in [4.69, 9.17) is 0 Å². The van der Waals surface area contributed by atoms with Crippen molar-refractivity contribution in [2.75, 3.05) is 0 Å². The molecule has 5 heteroatoms. The summed E-state index contributed by atoms with van der Waals surface area (Å²) in [7, 11) is 0. The van der Waals surface area contributed by atoms with Crippen LogP contribution in [0.2, 0.25) is 0 Å². The van der Waals surface area contributed by atoms with Crippen molar-refractivity contribution in [3.8, 4) is 0 Å². The van der Waals surface area contributed by atoms with Crippen LogP contribution in [0.25, 0.3) is 10.8 Å². The van der Waals surface area contributed by atoms with Gasteiger partial charge in [-0.15, -0.1) is 0 Å². The standard InChI is InChI=1S/C16H18N2O3/c1-10(16(20)21)14-12-8-4-5-9-13(12)15(19)18(17-14)11-6-2-3-7-11/h4-5,8-11H,2-3,6-7H2,1H3,(H,20,21). The molecule has 0 radical (unpaired) electrons. The van der Waals surface area contributed by atoms with E-state index in [-0.39, 0.29) is 11.6 Å². The summed E-state index contributed by atoms with van der Waals surface area (Å²) in [5, 5.41) is 14.9. The zero-order chi connectivity index (χ0) is 15.0. The average Bonchev–Trinajstić information content (AvgIpc) is 3.01. The molecule has 0 spiro atoms. The Labute approximate surface area is 122 Å². The van der Waals surface area contributed by atoms with Gasteiger partial charge in [0.05, 0.1) is 23.0 Å². The molecule has 1 atom stereocenters. The van der Waals surface area contributed by atoms with Crippen LogP contribution in [0.1, 0.15) is 50.3 Å². The lowest BCUT2D eigenvalue weighted by molar-refractivity contribution is -0.138. The Morgan fingerprint density at radius 1 is 1.29 bits per heavy atom. The molecule has 1 aliphatic rings. The Morgan fingerprint density at radius 3 is 2.52 bits per heavy atom. The quantitative estimate of drug-likeness (QED) is 0.941. The molecule has 1 aromatic heterocycles. The van der Waals surface area contributed by atoms with Crippen molar-refractivity contribution in [1.82, 2.24) is 9.78 Å². The van der Waals surface area contributed by atoms with Crippen LogP contribution in [0.3, 0.4) is 0 Å². The summed E-state index contributed by atoms with van der Waals surface area (Å²) in [6, 6.07) is 7.24. The molecule has 1 heterocycles. The average molecular weight is 286 g/mol. The number of aliphatic carboxylic acids is 1. The number of hydrogen-bond donors (Lipinski definition) is 1. The van der Waals surface area contributed by atoms with Crippen LogP contribution >= 0.6 is 0 Å². The minimum Gasteiger partial charge on any atom is -0.481 e. The zero-order valence-corrected chi connectivity index (χ0v) is 12.0. The van der Waals surface area contributed by atoms with Crippen LogP contribution in [-0.4, -0.2) is 20.9 Å². The summed E-state index contributed by atoms with van der Waals surface area (Å²) in [6.45, 7) is 1.61. The lowest BCUT2D eigenvalue weighted by Gasteiger charge is -2.17. The first-order valence-corrected chi connectivity index (χ1v) is 7.34. The van der Waals surface area contributed by atoms with Gasteiger partial charge in [0.25, 0.3) is 5.56 Å². The molecular weight excluding hydrogens is 268 g/mol. The minimum atomic E-state index is -0.927. The molecule has 1 fully saturated rings. The van der Waals surface area contributed by atoms with Crippen molar-refractivity contribution in [3.05, 3.63) is 40.3 Å². The van der Waals surface area contributed by atoms with Crippen LogP contribution in [-0.2, 0) is 4.79 Å². The van der Waals surface area contributed by atoms with Gasteiger partial charge in [0.1, 0.15) is 0 Å². The Kier molecular flexibility index (Phi) is 3.49. The number of fused-ring (bicyclic) bond motifs is 1. The monoisotopic (exact) mass is 286 g/mol. The molecule has 1 N–H and O–H groups in total. The van der Waals surface area contributed by atoms with E-state index in [1.807, 2.05) is 0 Å². The number of nitrogens with zero attached hydrogens (tertiary/aromatic N) is 2. The van der Waals surface area contributed by atoms with Gasteiger partial charge in [0.2, 0.25) is 0 Å². The first-order valence-electron chi connectivity index (χ1n) is 7.34. The van der Waals surface area contributed by atoms with Gasteiger partial charge in [0, 0.05) is 5.39 Å². The third-order valence-corrected chi connectivity index (χ3v) is 4.31. The highest BCUT2D eigenvalue weighted by atomic mass is 16.4. The highest BCUT2D eigenvalue weighted by Crippen LogP contribution is 2.29. The van der Waals surface area contributed by atoms with Crippen LogP contribution < -0.4 is 5.56 Å². The smallest absolute Gasteiger partial charge is 0.312 e. The van der Waals surface area contributed by atoms with Crippen molar-refractivity contribution < 1.29 is 9.90 Å². The fourth-order valence-corrected chi connectivity index (χ4v) is 3.06. The molecule has 0 bridgehead atoms. The Morgan fingerprint density at radius 2 is 1.90 bits per heavy atom. The maximum atomic E-state index is 12.6. The second-order valence-corrected chi connectivity index (χ2v) is 5.68. The number of carboxylic acid groups (broad SMARTS) is 1. The molecule has 2 aromatic rings. The summed E-state index contributed by atoms with van der Waals surface area (Å²) in [6.07, 6.45) is 4.06. The van der Waals surface area contributed by atoms with Gasteiger partial charge < -0.3 is 5.11 Å². The van der Waals surface area contributed by atoms with E-state index in [9.17, 15) is 14.7 Å². The fraction of sp³-hybridized carbons (Fsp3) is 0.438. The lowest BCUT2D eigenvalue weighted by atomic mass is 10.0. The largest absolute Gasteiger partial charge is 0.481 e. The van der Waals surface area contributed by atoms with Crippen molar-refractivity contribution in [2.45, 2.75) is 44.6 Å². The minimum absolute atomic E-state index is 0.0989. The van der Waals surface area contributed by atoms with Gasteiger partial charge >= 0.3 is 5.97 Å². The van der Waals surface area contributed by atoms with E-state index in [0.29, 0.717) is 16.5 Å². The van der Waals surface area contributed by atoms with Gasteiger partial charge in [-0.05, 0) is 25.8 Å². The van der Waals surface area contributed by atoms with Crippen molar-refractivity contribution in [2.24, 2.45) is 0 Å². The van der Waals surface area contributed by atoms with Crippen LogP contribution in [0.5, 0.6) is 0 Å². The third-order valence-electron chi connectivity index (χ3n) is 4.31. The van der Waals surface area contributed by atoms with Gasteiger partial charge in [-0.1, -0.05) is 31.0 Å². The molecule has 0 saturated heterocycles. The molecule has 3 rings (SSSR count). The zero-order valence-electron chi connectivity index (χ0n) is 12.0. The second-order valence-electron chi connectivity index (χ2n) is 5.68. The number of carboxylic acids is 1. The van der Waals surface area contributed by atoms with E-state index < -0.39 is 11.9 Å². The molecule has 1 aliphatic carbocycles. The summed E-state index contributed by atoms with van der Waals surface area (Å²) in [5.41, 5.74) is 0.364. The predicted molar refractivity (Wildman–Crippen MR) is 79.6 cm³/mol. The molecule has 0 amide bonds. The molecule has 0 aliphatic heterocycles. The Bertz CT molecular complexity index is 745. The second kappa shape index (κ2) is 5.31. The van der Waals surface area contributed by atoms with Crippen LogP contribution in [0, 0.1) is 0 Å². The number of hydrogen-bond acceptors (Lipinski definition) is 3. The Hall–Kier alpha value is -2.17. The number of benzene rings is 1. The summed E-state index contributed by atoms with van der Waals surface area (Å²) in [4.78, 5) is 23.9. The van der Waals surface area contributed by atoms with Crippen LogP contribution in [0.4, 0.5) is 0 Å². The van der Waals surface area contributed by atoms with E-state index in [0.717, 1.165) is 25.7 Å². The maximum absolute atomic E-state index is 12.6. The van der Waals surface area contributed by atoms with E-state index in [1.54, 1.807) is 31.2 Å². The predicted octanol–water partition coefficient (Wildman–Crippen LogP) is 2.70. The fourth-order valence-electron chi connectivity index (χ4n) is 3.06. The van der Waals surface area contributed by atoms with Crippen molar-refractivity contribution in [3.63, 3.8) is 0 Å². The van der Waals surface area contributed by atoms with E-state index >= 15 is 0 Å². The Balaban J connectivity index is 2.27. The summed E-state index contributed by atoms with van der Waals surface area (Å²) < 4.78 is 1.52. The normalized spacial score (nSPS) is 17.2. The maximum Gasteiger partial charge on any atom is 0.312 e. The number of carbonyl (C=O) groups is 1. The van der Waals surface area contributed by atoms with Gasteiger partial charge in [0.15, 0.2) is 0 Å². The molecular formula is C16H18N2O3. The third kappa shape index (κ3) is 2.33.